The van der Waals surface area contributed by atoms with Crippen molar-refractivity contribution in [3.05, 3.63) is 83.6 Å². The Kier molecular flexibility index (Phi) is 4.58. The second kappa shape index (κ2) is 7.19. The van der Waals surface area contributed by atoms with Gasteiger partial charge in [0.15, 0.2) is 0 Å². The number of benzene rings is 2. The SMILES string of the molecule is CC(C)(C1=NN=C(c2cnn3c2NC(c2ccccc2)CC3(C)C)C1)c1ccccc1. The van der Waals surface area contributed by atoms with E-state index < -0.39 is 0 Å². The first-order valence-electron chi connectivity index (χ1n) is 11.0. The molecule has 0 bridgehead atoms. The van der Waals surface area contributed by atoms with Crippen molar-refractivity contribution in [3.63, 3.8) is 0 Å². The van der Waals surface area contributed by atoms with Gasteiger partial charge in [0.05, 0.1) is 34.8 Å². The van der Waals surface area contributed by atoms with Crippen LogP contribution in [0.1, 0.15) is 63.3 Å². The van der Waals surface area contributed by atoms with Crippen LogP contribution in [0.3, 0.4) is 0 Å². The summed E-state index contributed by atoms with van der Waals surface area (Å²) in [4.78, 5) is 0. The molecule has 0 aliphatic carbocycles. The molecule has 5 nitrogen and oxygen atoms in total. The van der Waals surface area contributed by atoms with E-state index in [1.54, 1.807) is 0 Å². The second-order valence-corrected chi connectivity index (χ2v) is 9.70. The molecule has 0 radical (unpaired) electrons. The van der Waals surface area contributed by atoms with Crippen molar-refractivity contribution in [1.82, 2.24) is 9.78 Å². The quantitative estimate of drug-likeness (QED) is 0.598. The fourth-order valence-corrected chi connectivity index (χ4v) is 4.71. The first kappa shape index (κ1) is 19.7. The van der Waals surface area contributed by atoms with Gasteiger partial charge in [0.25, 0.3) is 0 Å². The van der Waals surface area contributed by atoms with Crippen LogP contribution in [0.4, 0.5) is 5.82 Å². The van der Waals surface area contributed by atoms with Gasteiger partial charge in [0, 0.05) is 11.8 Å². The fourth-order valence-electron chi connectivity index (χ4n) is 4.71. The van der Waals surface area contributed by atoms with Crippen LogP contribution in [0, 0.1) is 0 Å². The standard InChI is InChI=1S/C26H29N5/c1-25(2)16-22(18-11-7-5-8-12-18)28-24-20(17-27-31(24)25)21-15-23(30-29-21)26(3,4)19-13-9-6-10-14-19/h5-14,17,22,28H,15-16H2,1-4H3. The zero-order chi connectivity index (χ0) is 21.6. The highest BCUT2D eigenvalue weighted by Gasteiger charge is 2.38. The van der Waals surface area contributed by atoms with Crippen molar-refractivity contribution in [2.45, 2.75) is 57.5 Å². The van der Waals surface area contributed by atoms with Crippen molar-refractivity contribution >= 4 is 17.2 Å². The third kappa shape index (κ3) is 3.38. The average Bonchev–Trinajstić information content (AvgIpc) is 3.42. The molecule has 0 fully saturated rings. The smallest absolute Gasteiger partial charge is 0.134 e. The minimum Gasteiger partial charge on any atom is -0.363 e. The van der Waals surface area contributed by atoms with E-state index in [0.29, 0.717) is 0 Å². The summed E-state index contributed by atoms with van der Waals surface area (Å²) >= 11 is 0. The highest BCUT2D eigenvalue weighted by Crippen LogP contribution is 2.41. The molecule has 1 atom stereocenters. The summed E-state index contributed by atoms with van der Waals surface area (Å²) < 4.78 is 2.12. The van der Waals surface area contributed by atoms with E-state index in [-0.39, 0.29) is 17.0 Å². The summed E-state index contributed by atoms with van der Waals surface area (Å²) in [5.74, 6) is 1.04. The molecule has 0 saturated carbocycles. The van der Waals surface area contributed by atoms with Crippen LogP contribution >= 0.6 is 0 Å². The summed E-state index contributed by atoms with van der Waals surface area (Å²) in [6.45, 7) is 8.95. The molecule has 2 aliphatic rings. The van der Waals surface area contributed by atoms with Crippen LogP contribution in [0.15, 0.2) is 77.1 Å². The number of nitrogens with one attached hydrogen (secondary N) is 1. The van der Waals surface area contributed by atoms with E-state index >= 15 is 0 Å². The maximum atomic E-state index is 4.75. The van der Waals surface area contributed by atoms with Crippen molar-refractivity contribution in [3.8, 4) is 0 Å². The molecular formula is C26H29N5. The maximum Gasteiger partial charge on any atom is 0.134 e. The lowest BCUT2D eigenvalue weighted by Gasteiger charge is -2.38. The van der Waals surface area contributed by atoms with E-state index in [1.807, 2.05) is 12.3 Å². The minimum atomic E-state index is -0.168. The third-order valence-corrected chi connectivity index (χ3v) is 6.71. The Morgan fingerprint density at radius 2 is 1.65 bits per heavy atom. The Bertz CT molecular complexity index is 1150. The predicted molar refractivity (Wildman–Crippen MR) is 127 cm³/mol. The van der Waals surface area contributed by atoms with Gasteiger partial charge < -0.3 is 5.32 Å². The van der Waals surface area contributed by atoms with Crippen LogP contribution in [0.5, 0.6) is 0 Å². The highest BCUT2D eigenvalue weighted by molar-refractivity contribution is 6.19. The lowest BCUT2D eigenvalue weighted by molar-refractivity contribution is 0.263. The van der Waals surface area contributed by atoms with Crippen LogP contribution in [0.2, 0.25) is 0 Å². The third-order valence-electron chi connectivity index (χ3n) is 6.71. The van der Waals surface area contributed by atoms with Crippen molar-refractivity contribution in [2.75, 3.05) is 5.32 Å². The molecule has 3 heterocycles. The summed E-state index contributed by atoms with van der Waals surface area (Å²) in [5, 5.41) is 17.7. The van der Waals surface area contributed by atoms with E-state index in [9.17, 15) is 0 Å². The maximum absolute atomic E-state index is 4.75. The van der Waals surface area contributed by atoms with E-state index in [0.717, 1.165) is 35.6 Å². The Labute approximate surface area is 183 Å². The van der Waals surface area contributed by atoms with Gasteiger partial charge in [-0.15, -0.1) is 0 Å². The van der Waals surface area contributed by atoms with E-state index in [2.05, 4.69) is 102 Å². The second-order valence-electron chi connectivity index (χ2n) is 9.70. The first-order chi connectivity index (χ1) is 14.9. The van der Waals surface area contributed by atoms with Crippen molar-refractivity contribution in [1.29, 1.82) is 0 Å². The fraction of sp³-hybridized carbons (Fsp3) is 0.346. The first-order valence-corrected chi connectivity index (χ1v) is 11.0. The lowest BCUT2D eigenvalue weighted by atomic mass is 9.78. The zero-order valence-corrected chi connectivity index (χ0v) is 18.6. The largest absolute Gasteiger partial charge is 0.363 e. The number of anilines is 1. The molecule has 5 heteroatoms. The summed E-state index contributed by atoms with van der Waals surface area (Å²) in [6, 6.07) is 21.4. The van der Waals surface area contributed by atoms with Gasteiger partial charge in [-0.2, -0.15) is 15.3 Å². The molecule has 0 saturated heterocycles. The normalized spacial score (nSPS) is 19.9. The Morgan fingerprint density at radius 1 is 0.968 bits per heavy atom. The van der Waals surface area contributed by atoms with Gasteiger partial charge in [-0.05, 0) is 31.4 Å². The van der Waals surface area contributed by atoms with Gasteiger partial charge in [0.1, 0.15) is 5.82 Å². The topological polar surface area (TPSA) is 54.6 Å². The molecule has 2 aliphatic heterocycles. The highest BCUT2D eigenvalue weighted by atomic mass is 15.4. The monoisotopic (exact) mass is 411 g/mol. The van der Waals surface area contributed by atoms with Gasteiger partial charge >= 0.3 is 0 Å². The van der Waals surface area contributed by atoms with Crippen LogP contribution in [0.25, 0.3) is 0 Å². The van der Waals surface area contributed by atoms with Gasteiger partial charge in [-0.25, -0.2) is 4.68 Å². The van der Waals surface area contributed by atoms with Crippen LogP contribution in [-0.2, 0) is 11.0 Å². The molecule has 0 amide bonds. The molecule has 1 aromatic heterocycles. The molecule has 1 unspecified atom stereocenters. The summed E-state index contributed by atoms with van der Waals surface area (Å²) in [5.41, 5.74) is 5.41. The lowest BCUT2D eigenvalue weighted by Crippen LogP contribution is -2.38. The Balaban J connectivity index is 1.44. The molecule has 0 spiro atoms. The van der Waals surface area contributed by atoms with Gasteiger partial charge in [0.2, 0.25) is 0 Å². The Morgan fingerprint density at radius 3 is 2.35 bits per heavy atom. The van der Waals surface area contributed by atoms with Crippen molar-refractivity contribution in [2.24, 2.45) is 10.2 Å². The van der Waals surface area contributed by atoms with Crippen LogP contribution < -0.4 is 5.32 Å². The molecule has 2 aromatic carbocycles. The molecule has 1 N–H and O–H groups in total. The number of rotatable bonds is 4. The van der Waals surface area contributed by atoms with Crippen molar-refractivity contribution < 1.29 is 0 Å². The molecule has 31 heavy (non-hydrogen) atoms. The molecular weight excluding hydrogens is 382 g/mol. The molecule has 5 rings (SSSR count). The number of hydrogen-bond acceptors (Lipinski definition) is 4. The Hall–Kier alpha value is -3.21. The van der Waals surface area contributed by atoms with Gasteiger partial charge in [-0.1, -0.05) is 74.5 Å². The summed E-state index contributed by atoms with van der Waals surface area (Å²) in [6.07, 6.45) is 3.66. The van der Waals surface area contributed by atoms with E-state index in [4.69, 9.17) is 5.10 Å². The summed E-state index contributed by atoms with van der Waals surface area (Å²) in [7, 11) is 0. The van der Waals surface area contributed by atoms with E-state index in [1.165, 1.54) is 11.1 Å². The number of fused-ring (bicyclic) bond motifs is 1. The van der Waals surface area contributed by atoms with Crippen LogP contribution in [-0.4, -0.2) is 21.2 Å². The molecule has 3 aromatic rings. The average molecular weight is 412 g/mol. The number of hydrogen-bond donors (Lipinski definition) is 1. The molecule has 158 valence electrons. The minimum absolute atomic E-state index is 0.0918. The zero-order valence-electron chi connectivity index (χ0n) is 18.6. The van der Waals surface area contributed by atoms with Gasteiger partial charge in [-0.3, -0.25) is 0 Å². The number of aromatic nitrogens is 2. The number of nitrogens with zero attached hydrogens (tertiary/aromatic N) is 4. The predicted octanol–water partition coefficient (Wildman–Crippen LogP) is 5.70.